The maximum absolute atomic E-state index is 11.1. The Morgan fingerprint density at radius 2 is 1.77 bits per heavy atom. The van der Waals surface area contributed by atoms with Crippen molar-refractivity contribution in [2.24, 2.45) is 11.3 Å². The predicted octanol–water partition coefficient (Wildman–Crippen LogP) is 6.02. The second-order valence-electron chi connectivity index (χ2n) is 9.36. The van der Waals surface area contributed by atoms with Gasteiger partial charge >= 0.3 is 0 Å². The van der Waals surface area contributed by atoms with E-state index in [0.29, 0.717) is 53.3 Å². The van der Waals surface area contributed by atoms with E-state index in [4.69, 9.17) is 23.7 Å². The van der Waals surface area contributed by atoms with E-state index in [0.717, 1.165) is 5.56 Å². The van der Waals surface area contributed by atoms with Gasteiger partial charge in [0.05, 0.1) is 32.5 Å². The summed E-state index contributed by atoms with van der Waals surface area (Å²) in [5.74, 6) is 9.56. The number of benzene rings is 2. The zero-order valence-corrected chi connectivity index (χ0v) is 21.6. The summed E-state index contributed by atoms with van der Waals surface area (Å²) in [6.45, 7) is 9.38. The Balaban J connectivity index is 1.87. The minimum Gasteiger partial charge on any atom is -0.493 e. The monoisotopic (exact) mass is 480 g/mol. The van der Waals surface area contributed by atoms with E-state index in [1.807, 2.05) is 32.0 Å². The summed E-state index contributed by atoms with van der Waals surface area (Å²) in [6, 6.07) is 8.94. The molecule has 0 spiro atoms. The molecule has 0 N–H and O–H groups in total. The van der Waals surface area contributed by atoms with Crippen LogP contribution in [-0.2, 0) is 4.79 Å². The van der Waals surface area contributed by atoms with E-state index in [-0.39, 0.29) is 11.5 Å². The second-order valence-corrected chi connectivity index (χ2v) is 9.36. The van der Waals surface area contributed by atoms with Crippen LogP contribution in [0.3, 0.4) is 0 Å². The Morgan fingerprint density at radius 1 is 1.03 bits per heavy atom. The molecule has 0 saturated heterocycles. The van der Waals surface area contributed by atoms with E-state index in [1.165, 1.54) is 25.7 Å². The van der Waals surface area contributed by atoms with Gasteiger partial charge in [-0.2, -0.15) is 0 Å². The van der Waals surface area contributed by atoms with Gasteiger partial charge in [-0.05, 0) is 50.8 Å². The molecule has 1 fully saturated rings. The molecular formula is C29H36O6. The van der Waals surface area contributed by atoms with E-state index in [2.05, 4.69) is 25.7 Å². The minimum atomic E-state index is -0.0672. The average Bonchev–Trinajstić information content (AvgIpc) is 3.49. The van der Waals surface area contributed by atoms with Crippen LogP contribution in [0.15, 0.2) is 30.3 Å². The number of unbranched alkanes of at least 4 members (excludes halogenated alkanes) is 1. The molecule has 0 amide bonds. The molecule has 2 aromatic rings. The molecule has 6 heteroatoms. The highest BCUT2D eigenvalue weighted by atomic mass is 16.5. The molecule has 2 aromatic carbocycles. The topological polar surface area (TPSA) is 63.2 Å². The average molecular weight is 481 g/mol. The molecule has 0 aliphatic heterocycles. The first-order valence-corrected chi connectivity index (χ1v) is 12.2. The number of methoxy groups -OCH3 is 2. The quantitative estimate of drug-likeness (QED) is 0.273. The van der Waals surface area contributed by atoms with Gasteiger partial charge in [0.2, 0.25) is 0 Å². The maximum atomic E-state index is 11.1. The number of carbonyl (C=O) groups excluding carboxylic acids is 1. The largest absolute Gasteiger partial charge is 0.493 e. The van der Waals surface area contributed by atoms with Gasteiger partial charge < -0.3 is 23.7 Å². The highest BCUT2D eigenvalue weighted by molar-refractivity contribution is 5.61. The summed E-state index contributed by atoms with van der Waals surface area (Å²) in [5, 5.41) is 0. The molecule has 0 unspecified atom stereocenters. The molecule has 1 saturated carbocycles. The van der Waals surface area contributed by atoms with Gasteiger partial charge in [-0.1, -0.05) is 38.5 Å². The molecule has 0 bridgehead atoms. The normalized spacial score (nSPS) is 18.3. The first kappa shape index (κ1) is 26.3. The molecule has 0 radical (unpaired) electrons. The molecule has 2 atom stereocenters. The zero-order valence-electron chi connectivity index (χ0n) is 21.6. The van der Waals surface area contributed by atoms with Crippen LogP contribution >= 0.6 is 0 Å². The van der Waals surface area contributed by atoms with Gasteiger partial charge in [-0.3, -0.25) is 4.79 Å². The van der Waals surface area contributed by atoms with E-state index in [1.54, 1.807) is 26.4 Å². The number of hydrogen-bond acceptors (Lipinski definition) is 6. The van der Waals surface area contributed by atoms with Crippen molar-refractivity contribution < 1.29 is 28.5 Å². The Morgan fingerprint density at radius 3 is 2.37 bits per heavy atom. The van der Waals surface area contributed by atoms with E-state index >= 15 is 0 Å². The summed E-state index contributed by atoms with van der Waals surface area (Å²) >= 11 is 0. The first-order chi connectivity index (χ1) is 16.9. The fraction of sp³-hybridized carbons (Fsp3) is 0.483. The van der Waals surface area contributed by atoms with E-state index < -0.39 is 0 Å². The Hall–Kier alpha value is -3.33. The molecule has 188 valence electrons. The number of ether oxygens (including phenoxy) is 5. The molecule has 3 rings (SSSR count). The van der Waals surface area contributed by atoms with Crippen LogP contribution in [-0.4, -0.2) is 33.4 Å². The third-order valence-electron chi connectivity index (χ3n) is 6.45. The standard InChI is InChI=1S/C29H36O6/c1-7-8-13-29(17-21(29)4)18-33-27-14-22(10-12-24(27)31-5)9-11-23-15-26(32-6)28(35-20(2)3)16-25(23)34-19-30/h10,12,14-16,19-21H,7-8,13,17-18H2,1-6H3/t21-,29-/m0/s1. The third kappa shape index (κ3) is 6.63. The van der Waals surface area contributed by atoms with Crippen molar-refractivity contribution in [2.75, 3.05) is 20.8 Å². The van der Waals surface area contributed by atoms with Gasteiger partial charge in [0, 0.05) is 23.1 Å². The first-order valence-electron chi connectivity index (χ1n) is 12.2. The smallest absolute Gasteiger partial charge is 0.298 e. The lowest BCUT2D eigenvalue weighted by atomic mass is 9.97. The summed E-state index contributed by atoms with van der Waals surface area (Å²) in [4.78, 5) is 11.1. The summed E-state index contributed by atoms with van der Waals surface area (Å²) in [7, 11) is 3.19. The number of hydrogen-bond donors (Lipinski definition) is 0. The van der Waals surface area contributed by atoms with Crippen molar-refractivity contribution in [1.29, 1.82) is 0 Å². The molecule has 1 aliphatic rings. The molecule has 0 aromatic heterocycles. The van der Waals surface area contributed by atoms with Crippen LogP contribution < -0.4 is 23.7 Å². The highest BCUT2D eigenvalue weighted by Crippen LogP contribution is 2.56. The molecule has 0 heterocycles. The van der Waals surface area contributed by atoms with Crippen LogP contribution in [0.4, 0.5) is 0 Å². The predicted molar refractivity (Wildman–Crippen MR) is 136 cm³/mol. The highest BCUT2D eigenvalue weighted by Gasteiger charge is 2.50. The van der Waals surface area contributed by atoms with Gasteiger partial charge in [0.25, 0.3) is 6.47 Å². The van der Waals surface area contributed by atoms with Crippen molar-refractivity contribution in [3.05, 3.63) is 41.5 Å². The van der Waals surface area contributed by atoms with Gasteiger partial charge in [0.15, 0.2) is 23.0 Å². The molecule has 6 nitrogen and oxygen atoms in total. The summed E-state index contributed by atoms with van der Waals surface area (Å²) in [6.07, 6.45) is 4.72. The Bertz CT molecular complexity index is 1080. The number of rotatable bonds is 12. The molecule has 1 aliphatic carbocycles. The lowest BCUT2D eigenvalue weighted by Crippen LogP contribution is -2.15. The van der Waals surface area contributed by atoms with Gasteiger partial charge in [0.1, 0.15) is 5.75 Å². The third-order valence-corrected chi connectivity index (χ3v) is 6.45. The van der Waals surface area contributed by atoms with Crippen molar-refractivity contribution in [2.45, 2.75) is 59.5 Å². The van der Waals surface area contributed by atoms with Crippen LogP contribution in [0.2, 0.25) is 0 Å². The second kappa shape index (κ2) is 11.9. The zero-order chi connectivity index (χ0) is 25.4. The van der Waals surface area contributed by atoms with Crippen molar-refractivity contribution in [3.63, 3.8) is 0 Å². The van der Waals surface area contributed by atoms with Crippen LogP contribution in [0.5, 0.6) is 28.7 Å². The van der Waals surface area contributed by atoms with E-state index in [9.17, 15) is 4.79 Å². The van der Waals surface area contributed by atoms with Gasteiger partial charge in [-0.15, -0.1) is 0 Å². The fourth-order valence-electron chi connectivity index (χ4n) is 4.22. The van der Waals surface area contributed by atoms with Gasteiger partial charge in [-0.25, -0.2) is 0 Å². The van der Waals surface area contributed by atoms with Crippen molar-refractivity contribution >= 4 is 6.47 Å². The SMILES string of the molecule is CCCC[C@@]1(COc2cc(C#Cc3cc(OC)c(OC(C)C)cc3OC=O)ccc2OC)C[C@@H]1C. The summed E-state index contributed by atoms with van der Waals surface area (Å²) < 4.78 is 28.2. The molecular weight excluding hydrogens is 444 g/mol. The Kier molecular flexibility index (Phi) is 8.92. The number of carbonyl (C=O) groups is 1. The Labute approximate surface area is 208 Å². The summed E-state index contributed by atoms with van der Waals surface area (Å²) in [5.41, 5.74) is 1.53. The van der Waals surface area contributed by atoms with Crippen LogP contribution in [0, 0.1) is 23.2 Å². The molecule has 35 heavy (non-hydrogen) atoms. The lowest BCUT2D eigenvalue weighted by molar-refractivity contribution is -0.120. The maximum Gasteiger partial charge on any atom is 0.298 e. The minimum absolute atomic E-state index is 0.0672. The van der Waals surface area contributed by atoms with Crippen LogP contribution in [0.1, 0.15) is 64.5 Å². The van der Waals surface area contributed by atoms with Crippen LogP contribution in [0.25, 0.3) is 0 Å². The fourth-order valence-corrected chi connectivity index (χ4v) is 4.22. The van der Waals surface area contributed by atoms with Crippen molar-refractivity contribution in [1.82, 2.24) is 0 Å². The van der Waals surface area contributed by atoms with Crippen molar-refractivity contribution in [3.8, 4) is 40.6 Å². The lowest BCUT2D eigenvalue weighted by Gasteiger charge is -2.19.